The van der Waals surface area contributed by atoms with Crippen LogP contribution in [0.2, 0.25) is 0 Å². The summed E-state index contributed by atoms with van der Waals surface area (Å²) in [5.41, 5.74) is 1.04. The van der Waals surface area contributed by atoms with Crippen LogP contribution in [0.3, 0.4) is 0 Å². The van der Waals surface area contributed by atoms with E-state index in [9.17, 15) is 13.2 Å². The molecule has 0 spiro atoms. The van der Waals surface area contributed by atoms with Gasteiger partial charge in [-0.2, -0.15) is 18.3 Å². The van der Waals surface area contributed by atoms with Crippen molar-refractivity contribution in [1.29, 1.82) is 0 Å². The van der Waals surface area contributed by atoms with E-state index >= 15 is 0 Å². The zero-order chi connectivity index (χ0) is 14.9. The highest BCUT2D eigenvalue weighted by molar-refractivity contribution is 5.59. The number of alkyl halides is 3. The van der Waals surface area contributed by atoms with Crippen LogP contribution in [0.5, 0.6) is 0 Å². The summed E-state index contributed by atoms with van der Waals surface area (Å²) in [6.45, 7) is 1.90. The van der Waals surface area contributed by atoms with Gasteiger partial charge in [0, 0.05) is 23.4 Å². The molecule has 1 aliphatic heterocycles. The van der Waals surface area contributed by atoms with Crippen molar-refractivity contribution in [3.63, 3.8) is 0 Å². The number of hydrogen-bond donors (Lipinski definition) is 2. The fraction of sp³-hybridized carbons (Fsp3) is 0.429. The van der Waals surface area contributed by atoms with E-state index < -0.39 is 11.9 Å². The molecule has 112 valence electrons. The van der Waals surface area contributed by atoms with Crippen LogP contribution in [0.1, 0.15) is 30.1 Å². The van der Waals surface area contributed by atoms with Gasteiger partial charge in [0.25, 0.3) is 0 Å². The van der Waals surface area contributed by atoms with E-state index in [1.54, 1.807) is 0 Å². The van der Waals surface area contributed by atoms with E-state index in [0.29, 0.717) is 17.2 Å². The van der Waals surface area contributed by atoms with Crippen LogP contribution in [0.15, 0.2) is 24.4 Å². The van der Waals surface area contributed by atoms with Crippen molar-refractivity contribution in [2.75, 3.05) is 13.1 Å². The quantitative estimate of drug-likeness (QED) is 0.896. The van der Waals surface area contributed by atoms with Crippen LogP contribution < -0.4 is 5.32 Å². The summed E-state index contributed by atoms with van der Waals surface area (Å²) in [5.74, 6) is 0.386. The number of H-pyrrole nitrogens is 1. The van der Waals surface area contributed by atoms with Gasteiger partial charge in [0.1, 0.15) is 5.69 Å². The Kier molecular flexibility index (Phi) is 3.67. The van der Waals surface area contributed by atoms with Crippen molar-refractivity contribution in [1.82, 2.24) is 20.5 Å². The minimum Gasteiger partial charge on any atom is -0.317 e. The predicted octanol–water partition coefficient (Wildman–Crippen LogP) is 2.96. The third-order valence-electron chi connectivity index (χ3n) is 3.72. The molecule has 0 saturated carbocycles. The first kappa shape index (κ1) is 14.1. The Hall–Kier alpha value is -1.89. The van der Waals surface area contributed by atoms with Gasteiger partial charge in [0.2, 0.25) is 0 Å². The average Bonchev–Trinajstić information content (AvgIpc) is 2.97. The molecule has 0 bridgehead atoms. The Bertz CT molecular complexity index is 615. The molecule has 0 aliphatic carbocycles. The Labute approximate surface area is 119 Å². The molecule has 3 rings (SSSR count). The molecular weight excluding hydrogens is 281 g/mol. The third kappa shape index (κ3) is 3.07. The summed E-state index contributed by atoms with van der Waals surface area (Å²) in [6.07, 6.45) is -1.27. The Morgan fingerprint density at radius 1 is 1.14 bits per heavy atom. The van der Waals surface area contributed by atoms with Crippen molar-refractivity contribution >= 4 is 0 Å². The van der Waals surface area contributed by atoms with Crippen LogP contribution in [0.4, 0.5) is 13.2 Å². The van der Waals surface area contributed by atoms with Crippen molar-refractivity contribution in [3.05, 3.63) is 35.8 Å². The first-order valence-corrected chi connectivity index (χ1v) is 6.83. The zero-order valence-electron chi connectivity index (χ0n) is 11.2. The van der Waals surface area contributed by atoms with E-state index in [2.05, 4.69) is 20.5 Å². The maximum Gasteiger partial charge on any atom is 0.433 e. The molecule has 0 radical (unpaired) electrons. The molecule has 1 aliphatic rings. The SMILES string of the molecule is FC(F)(F)c1cc(-c2cc(C3CCNCC3)[nH]n2)ccn1. The minimum atomic E-state index is -4.44. The normalized spacial score (nSPS) is 17.1. The van der Waals surface area contributed by atoms with Crippen molar-refractivity contribution in [3.8, 4) is 11.3 Å². The molecule has 2 aromatic heterocycles. The highest BCUT2D eigenvalue weighted by Gasteiger charge is 2.32. The van der Waals surface area contributed by atoms with Gasteiger partial charge in [-0.3, -0.25) is 10.1 Å². The molecule has 0 unspecified atom stereocenters. The third-order valence-corrected chi connectivity index (χ3v) is 3.72. The Morgan fingerprint density at radius 3 is 2.62 bits per heavy atom. The number of halogens is 3. The van der Waals surface area contributed by atoms with Gasteiger partial charge in [-0.05, 0) is 44.1 Å². The predicted molar refractivity (Wildman–Crippen MR) is 71.7 cm³/mol. The van der Waals surface area contributed by atoms with E-state index in [0.717, 1.165) is 43.9 Å². The average molecular weight is 296 g/mol. The molecule has 2 N–H and O–H groups in total. The van der Waals surface area contributed by atoms with E-state index in [1.807, 2.05) is 6.07 Å². The number of hydrogen-bond acceptors (Lipinski definition) is 3. The first-order valence-electron chi connectivity index (χ1n) is 6.83. The molecule has 0 aromatic carbocycles. The van der Waals surface area contributed by atoms with Crippen LogP contribution in [0, 0.1) is 0 Å². The van der Waals surface area contributed by atoms with Crippen molar-refractivity contribution in [2.45, 2.75) is 24.9 Å². The van der Waals surface area contributed by atoms with Crippen LogP contribution in [-0.4, -0.2) is 28.3 Å². The summed E-state index contributed by atoms with van der Waals surface area (Å²) in [5, 5.41) is 10.4. The fourth-order valence-electron chi connectivity index (χ4n) is 2.57. The maximum absolute atomic E-state index is 12.7. The molecule has 2 aromatic rings. The zero-order valence-corrected chi connectivity index (χ0v) is 11.2. The molecule has 1 fully saturated rings. The van der Waals surface area contributed by atoms with E-state index in [4.69, 9.17) is 0 Å². The van der Waals surface area contributed by atoms with Gasteiger partial charge in [-0.25, -0.2) is 0 Å². The lowest BCUT2D eigenvalue weighted by Crippen LogP contribution is -2.26. The lowest BCUT2D eigenvalue weighted by atomic mass is 9.94. The van der Waals surface area contributed by atoms with Gasteiger partial charge in [-0.1, -0.05) is 0 Å². The van der Waals surface area contributed by atoms with Crippen molar-refractivity contribution in [2.24, 2.45) is 0 Å². The number of nitrogens with zero attached hydrogens (tertiary/aromatic N) is 2. The number of pyridine rings is 1. The van der Waals surface area contributed by atoms with Gasteiger partial charge < -0.3 is 5.32 Å². The highest BCUT2D eigenvalue weighted by atomic mass is 19.4. The standard InChI is InChI=1S/C14H15F3N4/c15-14(16,17)13-7-10(3-6-19-13)12-8-11(20-21-12)9-1-4-18-5-2-9/h3,6-9,18H,1-2,4-5H2,(H,20,21). The fourth-order valence-corrected chi connectivity index (χ4v) is 2.57. The van der Waals surface area contributed by atoms with Crippen LogP contribution >= 0.6 is 0 Å². The summed E-state index contributed by atoms with van der Waals surface area (Å²) in [4.78, 5) is 3.36. The van der Waals surface area contributed by atoms with E-state index in [1.165, 1.54) is 6.07 Å². The summed E-state index contributed by atoms with van der Waals surface area (Å²) in [7, 11) is 0. The molecule has 4 nitrogen and oxygen atoms in total. The number of nitrogens with one attached hydrogen (secondary N) is 2. The summed E-state index contributed by atoms with van der Waals surface area (Å²) >= 11 is 0. The number of rotatable bonds is 2. The smallest absolute Gasteiger partial charge is 0.317 e. The molecule has 21 heavy (non-hydrogen) atoms. The molecule has 0 atom stereocenters. The van der Waals surface area contributed by atoms with Gasteiger partial charge >= 0.3 is 6.18 Å². The Morgan fingerprint density at radius 2 is 1.90 bits per heavy atom. The van der Waals surface area contributed by atoms with Crippen molar-refractivity contribution < 1.29 is 13.2 Å². The topological polar surface area (TPSA) is 53.6 Å². The summed E-state index contributed by atoms with van der Waals surface area (Å²) in [6, 6.07) is 4.41. The second-order valence-corrected chi connectivity index (χ2v) is 5.16. The number of aromatic nitrogens is 3. The minimum absolute atomic E-state index is 0.386. The van der Waals surface area contributed by atoms with Gasteiger partial charge in [0.05, 0.1) is 5.69 Å². The largest absolute Gasteiger partial charge is 0.433 e. The lowest BCUT2D eigenvalue weighted by molar-refractivity contribution is -0.141. The Balaban J connectivity index is 1.86. The lowest BCUT2D eigenvalue weighted by Gasteiger charge is -2.20. The first-order chi connectivity index (χ1) is 10.0. The maximum atomic E-state index is 12.7. The number of aromatic amines is 1. The van der Waals surface area contributed by atoms with Gasteiger partial charge in [0.15, 0.2) is 0 Å². The second kappa shape index (κ2) is 5.48. The second-order valence-electron chi connectivity index (χ2n) is 5.16. The molecule has 3 heterocycles. The highest BCUT2D eigenvalue weighted by Crippen LogP contribution is 2.31. The van der Waals surface area contributed by atoms with E-state index in [-0.39, 0.29) is 0 Å². The molecule has 0 amide bonds. The molecular formula is C14H15F3N4. The molecule has 1 saturated heterocycles. The van der Waals surface area contributed by atoms with Crippen LogP contribution in [0.25, 0.3) is 11.3 Å². The van der Waals surface area contributed by atoms with Gasteiger partial charge in [-0.15, -0.1) is 0 Å². The summed E-state index contributed by atoms with van der Waals surface area (Å²) < 4.78 is 38.0. The number of piperidine rings is 1. The van der Waals surface area contributed by atoms with Crippen LogP contribution in [-0.2, 0) is 6.18 Å². The molecule has 7 heteroatoms. The monoisotopic (exact) mass is 296 g/mol.